The van der Waals surface area contributed by atoms with Crippen molar-refractivity contribution < 1.29 is 27.5 Å². The zero-order chi connectivity index (χ0) is 30.3. The Balaban J connectivity index is 1.49. The van der Waals surface area contributed by atoms with E-state index < -0.39 is 21.9 Å². The van der Waals surface area contributed by atoms with Crippen LogP contribution in [0.1, 0.15) is 51.5 Å². The molecule has 10 nitrogen and oxygen atoms in total. The maximum Gasteiger partial charge on any atom is 0.340 e. The first-order chi connectivity index (χ1) is 20.2. The van der Waals surface area contributed by atoms with Gasteiger partial charge in [0.2, 0.25) is 0 Å². The van der Waals surface area contributed by atoms with Crippen LogP contribution < -0.4 is 14.9 Å². The lowest BCUT2D eigenvalue weighted by atomic mass is 10.1. The van der Waals surface area contributed by atoms with Crippen LogP contribution in [-0.2, 0) is 14.8 Å². The van der Waals surface area contributed by atoms with E-state index in [0.717, 1.165) is 11.4 Å². The number of rotatable bonds is 11. The minimum atomic E-state index is -3.83. The second-order valence-corrected chi connectivity index (χ2v) is 10.8. The summed E-state index contributed by atoms with van der Waals surface area (Å²) < 4.78 is 40.5. The lowest BCUT2D eigenvalue weighted by Gasteiger charge is -2.10. The van der Waals surface area contributed by atoms with E-state index >= 15 is 0 Å². The number of hydrogen-bond acceptors (Lipinski definition) is 7. The van der Waals surface area contributed by atoms with Crippen molar-refractivity contribution in [3.05, 3.63) is 107 Å². The fourth-order valence-electron chi connectivity index (χ4n) is 4.45. The van der Waals surface area contributed by atoms with E-state index in [1.54, 1.807) is 19.1 Å². The van der Waals surface area contributed by atoms with Gasteiger partial charge in [0.25, 0.3) is 15.9 Å². The number of hydrogen-bond donors (Lipinski definition) is 2. The Morgan fingerprint density at radius 3 is 2.17 bits per heavy atom. The summed E-state index contributed by atoms with van der Waals surface area (Å²) in [7, 11) is -3.83. The van der Waals surface area contributed by atoms with Gasteiger partial charge >= 0.3 is 5.97 Å². The van der Waals surface area contributed by atoms with Gasteiger partial charge in [-0.15, -0.1) is 0 Å². The second kappa shape index (κ2) is 13.2. The zero-order valence-corrected chi connectivity index (χ0v) is 24.6. The van der Waals surface area contributed by atoms with Crippen molar-refractivity contribution in [1.82, 2.24) is 9.99 Å². The maximum atomic E-state index is 12.8. The van der Waals surface area contributed by atoms with Crippen LogP contribution in [-0.4, -0.2) is 44.3 Å². The molecule has 1 amide bonds. The Morgan fingerprint density at radius 1 is 0.881 bits per heavy atom. The molecule has 0 fully saturated rings. The number of sulfonamides is 1. The van der Waals surface area contributed by atoms with Crippen LogP contribution in [0.2, 0.25) is 0 Å². The Bertz CT molecular complexity index is 1700. The van der Waals surface area contributed by atoms with Crippen molar-refractivity contribution in [3.8, 4) is 11.4 Å². The van der Waals surface area contributed by atoms with Gasteiger partial charge in [-0.25, -0.2) is 18.6 Å². The molecule has 0 unspecified atom stereocenters. The van der Waals surface area contributed by atoms with Crippen molar-refractivity contribution >= 4 is 33.8 Å². The van der Waals surface area contributed by atoms with Crippen molar-refractivity contribution in [2.45, 2.75) is 32.6 Å². The fraction of sp³-hybridized carbons (Fsp3) is 0.194. The number of hydrazone groups is 1. The smallest absolute Gasteiger partial charge is 0.340 e. The van der Waals surface area contributed by atoms with Gasteiger partial charge in [-0.05, 0) is 88.4 Å². The third-order valence-electron chi connectivity index (χ3n) is 6.39. The van der Waals surface area contributed by atoms with Gasteiger partial charge in [0, 0.05) is 33.9 Å². The van der Waals surface area contributed by atoms with Crippen molar-refractivity contribution in [2.24, 2.45) is 5.10 Å². The van der Waals surface area contributed by atoms with Crippen LogP contribution in [0.15, 0.2) is 88.9 Å². The van der Waals surface area contributed by atoms with Crippen LogP contribution >= 0.6 is 0 Å². The summed E-state index contributed by atoms with van der Waals surface area (Å²) in [6.45, 7) is 7.96. The average Bonchev–Trinajstić information content (AvgIpc) is 3.23. The predicted octanol–water partition coefficient (Wildman–Crippen LogP) is 5.23. The van der Waals surface area contributed by atoms with E-state index in [9.17, 15) is 18.0 Å². The molecule has 0 saturated heterocycles. The third kappa shape index (κ3) is 6.69. The van der Waals surface area contributed by atoms with E-state index in [2.05, 4.69) is 15.2 Å². The molecule has 0 aliphatic rings. The molecular formula is C31H32N4O6S. The molecule has 218 valence electrons. The molecule has 2 N–H and O–H groups in total. The first-order valence-corrected chi connectivity index (χ1v) is 14.8. The highest BCUT2D eigenvalue weighted by molar-refractivity contribution is 7.92. The van der Waals surface area contributed by atoms with Gasteiger partial charge in [-0.2, -0.15) is 5.10 Å². The number of esters is 1. The molecule has 1 aromatic heterocycles. The van der Waals surface area contributed by atoms with Crippen LogP contribution in [0.25, 0.3) is 5.69 Å². The van der Waals surface area contributed by atoms with E-state index in [1.165, 1.54) is 42.6 Å². The Labute approximate surface area is 245 Å². The van der Waals surface area contributed by atoms with Crippen molar-refractivity contribution in [2.75, 3.05) is 17.9 Å². The molecule has 0 bridgehead atoms. The molecule has 0 atom stereocenters. The topological polar surface area (TPSA) is 128 Å². The summed E-state index contributed by atoms with van der Waals surface area (Å²) >= 11 is 0. The minimum Gasteiger partial charge on any atom is -0.494 e. The van der Waals surface area contributed by atoms with Gasteiger partial charge in [0.15, 0.2) is 0 Å². The number of anilines is 1. The number of para-hydroxylation sites is 1. The number of carbonyl (C=O) groups is 2. The van der Waals surface area contributed by atoms with Gasteiger partial charge in [-0.1, -0.05) is 18.2 Å². The van der Waals surface area contributed by atoms with Gasteiger partial charge in [0.1, 0.15) is 5.75 Å². The maximum absolute atomic E-state index is 12.8. The molecule has 0 radical (unpaired) electrons. The molecule has 42 heavy (non-hydrogen) atoms. The van der Waals surface area contributed by atoms with Crippen molar-refractivity contribution in [1.29, 1.82) is 0 Å². The first kappa shape index (κ1) is 30.1. The second-order valence-electron chi connectivity index (χ2n) is 9.14. The van der Waals surface area contributed by atoms with Gasteiger partial charge < -0.3 is 14.0 Å². The summed E-state index contributed by atoms with van der Waals surface area (Å²) in [6.07, 6.45) is 1.42. The first-order valence-electron chi connectivity index (χ1n) is 13.3. The summed E-state index contributed by atoms with van der Waals surface area (Å²) in [5, 5.41) is 4.10. The molecule has 11 heteroatoms. The Kier molecular flexibility index (Phi) is 9.43. The number of nitrogens with one attached hydrogen (secondary N) is 2. The summed E-state index contributed by atoms with van der Waals surface area (Å²) in [5.74, 6) is -0.420. The summed E-state index contributed by atoms with van der Waals surface area (Å²) in [6, 6.07) is 21.6. The largest absolute Gasteiger partial charge is 0.494 e. The highest BCUT2D eigenvalue weighted by Gasteiger charge is 2.24. The molecule has 4 rings (SSSR count). The van der Waals surface area contributed by atoms with E-state index in [4.69, 9.17) is 9.47 Å². The predicted molar refractivity (Wildman–Crippen MR) is 161 cm³/mol. The molecule has 1 heterocycles. The molecule has 3 aromatic carbocycles. The van der Waals surface area contributed by atoms with E-state index in [1.807, 2.05) is 55.7 Å². The molecule has 0 aliphatic carbocycles. The highest BCUT2D eigenvalue weighted by Crippen LogP contribution is 2.26. The Hall–Kier alpha value is -4.90. The molecular weight excluding hydrogens is 556 g/mol. The minimum absolute atomic E-state index is 0.0796. The number of aromatic nitrogens is 1. The monoisotopic (exact) mass is 588 g/mol. The molecule has 4 aromatic rings. The number of nitrogens with zero attached hydrogens (tertiary/aromatic N) is 2. The lowest BCUT2D eigenvalue weighted by molar-refractivity contribution is 0.0525. The number of amides is 1. The number of ether oxygens (including phenoxy) is 2. The van der Waals surface area contributed by atoms with E-state index in [-0.39, 0.29) is 22.8 Å². The van der Waals surface area contributed by atoms with Crippen molar-refractivity contribution in [3.63, 3.8) is 0 Å². The summed E-state index contributed by atoms with van der Waals surface area (Å²) in [4.78, 5) is 25.7. The standard InChI is InChI=1S/C31H32N4O6S/c1-5-40-26-16-18-27(19-17-26)42(38,39)34-24-14-12-23(13-15-24)30(36)33-32-20-28-21(3)35(25-10-8-7-9-11-25)22(4)29(28)31(37)41-6-2/h7-20,34H,5-6H2,1-4H3,(H,33,36)/b32-20-. The zero-order valence-electron chi connectivity index (χ0n) is 23.7. The summed E-state index contributed by atoms with van der Waals surface area (Å²) in [5.41, 5.74) is 6.22. The van der Waals surface area contributed by atoms with Crippen LogP contribution in [0.3, 0.4) is 0 Å². The lowest BCUT2D eigenvalue weighted by Crippen LogP contribution is -2.18. The van der Waals surface area contributed by atoms with Gasteiger partial charge in [0.05, 0.1) is 29.9 Å². The quantitative estimate of drug-likeness (QED) is 0.140. The molecule has 0 spiro atoms. The van der Waals surface area contributed by atoms with E-state index in [0.29, 0.717) is 29.2 Å². The fourth-order valence-corrected chi connectivity index (χ4v) is 5.51. The van der Waals surface area contributed by atoms with Crippen LogP contribution in [0.5, 0.6) is 5.75 Å². The van der Waals surface area contributed by atoms with Gasteiger partial charge in [-0.3, -0.25) is 9.52 Å². The number of carbonyl (C=O) groups excluding carboxylic acids is 2. The SMILES string of the molecule is CCOC(=O)c1c(/C=N\NC(=O)c2ccc(NS(=O)(=O)c3ccc(OCC)cc3)cc2)c(C)n(-c2ccccc2)c1C. The van der Waals surface area contributed by atoms with Crippen LogP contribution in [0.4, 0.5) is 5.69 Å². The molecule has 0 aliphatic heterocycles. The van der Waals surface area contributed by atoms with Crippen LogP contribution in [0, 0.1) is 13.8 Å². The normalized spacial score (nSPS) is 11.3. The average molecular weight is 589 g/mol. The third-order valence-corrected chi connectivity index (χ3v) is 7.79. The number of benzene rings is 3. The highest BCUT2D eigenvalue weighted by atomic mass is 32.2. The Morgan fingerprint density at radius 2 is 1.55 bits per heavy atom. The molecule has 0 saturated carbocycles.